The number of nitrogens with one attached hydrogen (secondary N) is 1. The van der Waals surface area contributed by atoms with Gasteiger partial charge in [-0.15, -0.1) is 4.36 Å². The van der Waals surface area contributed by atoms with Crippen LogP contribution in [0.4, 0.5) is 16.2 Å². The van der Waals surface area contributed by atoms with E-state index in [4.69, 9.17) is 9.88 Å². The second-order valence-corrected chi connectivity index (χ2v) is 13.2. The first-order chi connectivity index (χ1) is 19.4. The molecule has 3 aromatic rings. The summed E-state index contributed by atoms with van der Waals surface area (Å²) in [5.74, 6) is 0.253. The summed E-state index contributed by atoms with van der Waals surface area (Å²) in [7, 11) is 0.537. The molecule has 1 saturated heterocycles. The molecule has 1 unspecified atom stereocenters. The van der Waals surface area contributed by atoms with Gasteiger partial charge < -0.3 is 19.9 Å². The van der Waals surface area contributed by atoms with Gasteiger partial charge in [-0.25, -0.2) is 14.1 Å². The Balaban J connectivity index is 1.63. The smallest absolute Gasteiger partial charge is 0.354 e. The molecule has 0 saturated carbocycles. The molecule has 9 heteroatoms. The average molecular weight is 578 g/mol. The molecule has 1 aliphatic rings. The van der Waals surface area contributed by atoms with E-state index in [-0.39, 0.29) is 11.8 Å². The van der Waals surface area contributed by atoms with Crippen molar-refractivity contribution in [3.63, 3.8) is 0 Å². The van der Waals surface area contributed by atoms with Gasteiger partial charge in [-0.05, 0) is 90.1 Å². The Morgan fingerprint density at radius 2 is 1.51 bits per heavy atom. The number of hydrogen-bond acceptors (Lipinski definition) is 5. The number of hydrogen-bond donors (Lipinski definition) is 2. The Kier molecular flexibility index (Phi) is 9.86. The largest absolute Gasteiger partial charge is 0.378 e. The van der Waals surface area contributed by atoms with Crippen molar-refractivity contribution in [2.24, 2.45) is 9.50 Å². The Bertz CT molecular complexity index is 1440. The van der Waals surface area contributed by atoms with Gasteiger partial charge in [-0.1, -0.05) is 52.0 Å². The molecule has 1 heterocycles. The summed E-state index contributed by atoms with van der Waals surface area (Å²) in [5.41, 5.74) is 7.12. The lowest BCUT2D eigenvalue weighted by Gasteiger charge is -2.29. The van der Waals surface area contributed by atoms with Crippen LogP contribution in [-0.2, 0) is 21.2 Å². The number of benzene rings is 3. The molecule has 4 rings (SSSR count). The summed E-state index contributed by atoms with van der Waals surface area (Å²) in [6.45, 7) is 12.4. The highest BCUT2D eigenvalue weighted by atomic mass is 32.2. The van der Waals surface area contributed by atoms with Crippen molar-refractivity contribution >= 4 is 27.3 Å². The molecule has 1 atom stereocenters. The van der Waals surface area contributed by atoms with Crippen molar-refractivity contribution < 1.29 is 13.7 Å². The topological polar surface area (TPSA) is 100 Å². The summed E-state index contributed by atoms with van der Waals surface area (Å²) in [6.07, 6.45) is 0. The number of anilines is 2. The minimum atomic E-state index is -3.42. The lowest BCUT2D eigenvalue weighted by Crippen LogP contribution is -2.36. The number of nitrogens with zero attached hydrogens (tertiary/aromatic N) is 3. The zero-order chi connectivity index (χ0) is 29.7. The van der Waals surface area contributed by atoms with Crippen LogP contribution in [0, 0.1) is 0 Å². The minimum absolute atomic E-state index is 0.127. The van der Waals surface area contributed by atoms with Gasteiger partial charge in [0.2, 0.25) is 0 Å². The van der Waals surface area contributed by atoms with Crippen LogP contribution in [0.15, 0.2) is 69.9 Å². The van der Waals surface area contributed by atoms with E-state index in [0.717, 1.165) is 60.7 Å². The molecule has 1 fully saturated rings. The lowest BCUT2D eigenvalue weighted by atomic mass is 9.88. The first-order valence-electron chi connectivity index (χ1n) is 14.1. The normalized spacial score (nSPS) is 15.3. The van der Waals surface area contributed by atoms with Gasteiger partial charge in [0.15, 0.2) is 0 Å². The zero-order valence-electron chi connectivity index (χ0n) is 25.0. The molecule has 8 nitrogen and oxygen atoms in total. The molecule has 220 valence electrons. The van der Waals surface area contributed by atoms with Crippen LogP contribution in [0.2, 0.25) is 0 Å². The van der Waals surface area contributed by atoms with E-state index in [1.165, 1.54) is 5.69 Å². The number of ether oxygens (including phenoxy) is 1. The third kappa shape index (κ3) is 7.74. The molecule has 3 aromatic carbocycles. The molecule has 41 heavy (non-hydrogen) atoms. The van der Waals surface area contributed by atoms with Crippen LogP contribution in [0.3, 0.4) is 0 Å². The third-order valence-corrected chi connectivity index (χ3v) is 8.62. The van der Waals surface area contributed by atoms with E-state index in [1.807, 2.05) is 31.1 Å². The first kappa shape index (κ1) is 30.7. The van der Waals surface area contributed by atoms with Crippen molar-refractivity contribution in [2.75, 3.05) is 50.6 Å². The summed E-state index contributed by atoms with van der Waals surface area (Å²) >= 11 is 0. The number of carbonyl (C=O) groups excluding carboxylic acids is 1. The van der Waals surface area contributed by atoms with Crippen LogP contribution in [0.5, 0.6) is 0 Å². The van der Waals surface area contributed by atoms with E-state index in [2.05, 4.69) is 78.7 Å². The van der Waals surface area contributed by atoms with E-state index in [1.54, 1.807) is 12.1 Å². The average Bonchev–Trinajstić information content (AvgIpc) is 2.93. The lowest BCUT2D eigenvalue weighted by molar-refractivity contribution is 0.122. The summed E-state index contributed by atoms with van der Waals surface area (Å²) in [6, 6.07) is 19.2. The standard InChI is InChI=1S/C32H43N5O3S/c1-22(2)29-19-26(25-9-11-27(12-10-25)37-15-17-40-18-16-37)20-30(23(3)4)31(29)34-32(38)35-41(33,39)28-13-7-24(8-14-28)21-36(5)6/h7-14,19-20,22-23H,15-18,21H2,1-6H3,(H3,33,34,35,38,39). The van der Waals surface area contributed by atoms with Crippen LogP contribution in [0.1, 0.15) is 56.2 Å². The molecule has 0 aromatic heterocycles. The van der Waals surface area contributed by atoms with Crippen molar-refractivity contribution in [1.29, 1.82) is 0 Å². The fraction of sp³-hybridized carbons (Fsp3) is 0.406. The quantitative estimate of drug-likeness (QED) is 0.321. The number of nitrogens with two attached hydrogens (primary N) is 1. The predicted octanol–water partition coefficient (Wildman–Crippen LogP) is 6.43. The van der Waals surface area contributed by atoms with Crippen LogP contribution in [0.25, 0.3) is 11.1 Å². The van der Waals surface area contributed by atoms with Crippen molar-refractivity contribution in [2.45, 2.75) is 51.0 Å². The zero-order valence-corrected chi connectivity index (χ0v) is 25.8. The number of rotatable bonds is 8. The predicted molar refractivity (Wildman–Crippen MR) is 169 cm³/mol. The van der Waals surface area contributed by atoms with Crippen molar-refractivity contribution in [1.82, 2.24) is 4.90 Å². The Hall–Kier alpha value is -3.24. The third-order valence-electron chi connectivity index (χ3n) is 7.23. The highest BCUT2D eigenvalue weighted by Crippen LogP contribution is 2.38. The molecule has 1 aliphatic heterocycles. The van der Waals surface area contributed by atoms with Gasteiger partial charge in [-0.3, -0.25) is 0 Å². The fourth-order valence-corrected chi connectivity index (χ4v) is 5.98. The highest BCUT2D eigenvalue weighted by Gasteiger charge is 2.20. The number of amides is 2. The van der Waals surface area contributed by atoms with E-state index >= 15 is 0 Å². The maximum Gasteiger partial charge on any atom is 0.354 e. The molecule has 3 N–H and O–H groups in total. The van der Waals surface area contributed by atoms with Gasteiger partial charge in [0.25, 0.3) is 0 Å². The van der Waals surface area contributed by atoms with Gasteiger partial charge in [0.1, 0.15) is 9.92 Å². The summed E-state index contributed by atoms with van der Waals surface area (Å²) < 4.78 is 22.7. The molecule has 0 spiro atoms. The maximum absolute atomic E-state index is 13.3. The summed E-state index contributed by atoms with van der Waals surface area (Å²) in [4.78, 5) is 17.8. The first-order valence-corrected chi connectivity index (χ1v) is 15.7. The number of carbonyl (C=O) groups is 1. The van der Waals surface area contributed by atoms with E-state index < -0.39 is 15.9 Å². The number of urea groups is 1. The van der Waals surface area contributed by atoms with E-state index in [0.29, 0.717) is 10.6 Å². The Morgan fingerprint density at radius 3 is 2.02 bits per heavy atom. The van der Waals surface area contributed by atoms with Gasteiger partial charge in [0.05, 0.1) is 18.1 Å². The van der Waals surface area contributed by atoms with Gasteiger partial charge in [0, 0.05) is 31.0 Å². The molecular formula is C32H43N5O3S. The monoisotopic (exact) mass is 577 g/mol. The minimum Gasteiger partial charge on any atom is -0.378 e. The SMILES string of the molecule is CC(C)c1cc(-c2ccc(N3CCOCC3)cc2)cc(C(C)C)c1NC(=O)N=S(N)(=O)c1ccc(CN(C)C)cc1. The van der Waals surface area contributed by atoms with Crippen LogP contribution in [-0.4, -0.2) is 55.5 Å². The van der Waals surface area contributed by atoms with Crippen LogP contribution < -0.4 is 15.4 Å². The van der Waals surface area contributed by atoms with Gasteiger partial charge >= 0.3 is 6.03 Å². The Morgan fingerprint density at radius 1 is 0.951 bits per heavy atom. The maximum atomic E-state index is 13.3. The second-order valence-electron chi connectivity index (χ2n) is 11.5. The second kappa shape index (κ2) is 13.2. The van der Waals surface area contributed by atoms with E-state index in [9.17, 15) is 9.00 Å². The number of morpholine rings is 1. The molecule has 0 bridgehead atoms. The molecule has 0 aliphatic carbocycles. The van der Waals surface area contributed by atoms with Gasteiger partial charge in [-0.2, -0.15) is 0 Å². The fourth-order valence-electron chi connectivity index (χ4n) is 5.06. The molecule has 0 radical (unpaired) electrons. The van der Waals surface area contributed by atoms with Crippen molar-refractivity contribution in [3.8, 4) is 11.1 Å². The molecule has 2 amide bonds. The van der Waals surface area contributed by atoms with Crippen LogP contribution >= 0.6 is 0 Å². The Labute approximate surface area is 245 Å². The summed E-state index contributed by atoms with van der Waals surface area (Å²) in [5, 5.41) is 9.03. The highest BCUT2D eigenvalue weighted by molar-refractivity contribution is 7.91. The van der Waals surface area contributed by atoms with Crippen molar-refractivity contribution in [3.05, 3.63) is 77.4 Å². The molecular weight excluding hydrogens is 534 g/mol.